The number of para-hydroxylation sites is 1. The van der Waals surface area contributed by atoms with E-state index in [1.165, 1.54) is 11.3 Å². The van der Waals surface area contributed by atoms with E-state index in [9.17, 15) is 9.59 Å². The Bertz CT molecular complexity index is 1170. The van der Waals surface area contributed by atoms with Crippen LogP contribution in [0.4, 0.5) is 0 Å². The number of nitrogens with one attached hydrogen (secondary N) is 2. The third-order valence-corrected chi connectivity index (χ3v) is 5.19. The smallest absolute Gasteiger partial charge is 0.266 e. The molecule has 138 valence electrons. The predicted octanol–water partition coefficient (Wildman–Crippen LogP) is 3.14. The molecule has 8 heteroatoms. The van der Waals surface area contributed by atoms with Gasteiger partial charge in [-0.3, -0.25) is 25.4 Å². The van der Waals surface area contributed by atoms with Crippen LogP contribution >= 0.6 is 11.3 Å². The number of hydrogen-bond donors (Lipinski definition) is 2. The standard InChI is InChI=1S/C20H15N5O2S/c1-12-17(28-20(22-12)16-8-4-5-11-21-16)19(27)25-24-18(26)15-10-9-13-6-2-3-7-14(13)23-15/h2-11H,1H3,(H,24,26)(H,25,27). The fraction of sp³-hybridized carbons (Fsp3) is 0.0500. The molecular formula is C20H15N5O2S. The van der Waals surface area contributed by atoms with E-state index in [1.54, 1.807) is 19.2 Å². The Labute approximate surface area is 164 Å². The number of thiazole rings is 1. The van der Waals surface area contributed by atoms with Crippen LogP contribution in [0.25, 0.3) is 21.6 Å². The van der Waals surface area contributed by atoms with Crippen LogP contribution in [0.5, 0.6) is 0 Å². The molecule has 4 aromatic rings. The Hall–Kier alpha value is -3.65. The summed E-state index contributed by atoms with van der Waals surface area (Å²) in [6, 6.07) is 16.4. The lowest BCUT2D eigenvalue weighted by atomic mass is 10.2. The quantitative estimate of drug-likeness (QED) is 0.525. The molecule has 0 aliphatic rings. The van der Waals surface area contributed by atoms with Crippen LogP contribution in [-0.4, -0.2) is 26.8 Å². The molecule has 3 aromatic heterocycles. The van der Waals surface area contributed by atoms with Crippen molar-refractivity contribution in [2.75, 3.05) is 0 Å². The van der Waals surface area contributed by atoms with Gasteiger partial charge in [-0.2, -0.15) is 0 Å². The summed E-state index contributed by atoms with van der Waals surface area (Å²) < 4.78 is 0. The van der Waals surface area contributed by atoms with Crippen molar-refractivity contribution in [2.24, 2.45) is 0 Å². The van der Waals surface area contributed by atoms with E-state index in [0.29, 0.717) is 26.8 Å². The number of nitrogens with zero attached hydrogens (tertiary/aromatic N) is 3. The minimum atomic E-state index is -0.494. The molecule has 0 saturated heterocycles. The Kier molecular flexibility index (Phi) is 4.77. The van der Waals surface area contributed by atoms with E-state index in [4.69, 9.17) is 0 Å². The monoisotopic (exact) mass is 389 g/mol. The van der Waals surface area contributed by atoms with E-state index < -0.39 is 11.8 Å². The van der Waals surface area contributed by atoms with E-state index >= 15 is 0 Å². The molecule has 0 bridgehead atoms. The molecule has 4 rings (SSSR count). The summed E-state index contributed by atoms with van der Waals surface area (Å²) in [6.07, 6.45) is 1.67. The van der Waals surface area contributed by atoms with Gasteiger partial charge in [0.1, 0.15) is 15.6 Å². The lowest BCUT2D eigenvalue weighted by Crippen LogP contribution is -2.41. The number of hydrazine groups is 1. The van der Waals surface area contributed by atoms with Crippen molar-refractivity contribution in [3.8, 4) is 10.7 Å². The lowest BCUT2D eigenvalue weighted by molar-refractivity contribution is 0.0846. The molecule has 3 heterocycles. The third-order valence-electron chi connectivity index (χ3n) is 4.01. The third kappa shape index (κ3) is 3.58. The van der Waals surface area contributed by atoms with Crippen LogP contribution in [0.1, 0.15) is 25.9 Å². The summed E-state index contributed by atoms with van der Waals surface area (Å²) in [4.78, 5) is 38.1. The van der Waals surface area contributed by atoms with Crippen LogP contribution in [0.2, 0.25) is 0 Å². The highest BCUT2D eigenvalue weighted by Gasteiger charge is 2.18. The highest BCUT2D eigenvalue weighted by Crippen LogP contribution is 2.26. The van der Waals surface area contributed by atoms with Crippen molar-refractivity contribution >= 4 is 34.1 Å². The van der Waals surface area contributed by atoms with Gasteiger partial charge in [0.2, 0.25) is 0 Å². The van der Waals surface area contributed by atoms with Gasteiger partial charge in [-0.25, -0.2) is 9.97 Å². The van der Waals surface area contributed by atoms with Crippen molar-refractivity contribution < 1.29 is 9.59 Å². The average molecular weight is 389 g/mol. The van der Waals surface area contributed by atoms with E-state index in [2.05, 4.69) is 25.8 Å². The summed E-state index contributed by atoms with van der Waals surface area (Å²) in [6.45, 7) is 1.74. The number of aromatic nitrogens is 3. The van der Waals surface area contributed by atoms with Crippen molar-refractivity contribution in [1.82, 2.24) is 25.8 Å². The first-order valence-electron chi connectivity index (χ1n) is 8.47. The molecule has 2 amide bonds. The van der Waals surface area contributed by atoms with Crippen molar-refractivity contribution in [2.45, 2.75) is 6.92 Å². The van der Waals surface area contributed by atoms with Crippen LogP contribution in [0, 0.1) is 6.92 Å². The van der Waals surface area contributed by atoms with E-state index in [1.807, 2.05) is 48.5 Å². The van der Waals surface area contributed by atoms with E-state index in [0.717, 1.165) is 5.39 Å². The van der Waals surface area contributed by atoms with Crippen molar-refractivity contribution in [1.29, 1.82) is 0 Å². The van der Waals surface area contributed by atoms with Gasteiger partial charge in [0.05, 0.1) is 16.9 Å². The Morgan fingerprint density at radius 1 is 0.893 bits per heavy atom. The number of aryl methyl sites for hydroxylation is 1. The minimum absolute atomic E-state index is 0.217. The summed E-state index contributed by atoms with van der Waals surface area (Å²) >= 11 is 1.22. The molecule has 0 fully saturated rings. The van der Waals surface area contributed by atoms with Gasteiger partial charge in [-0.1, -0.05) is 30.3 Å². The van der Waals surface area contributed by atoms with Gasteiger partial charge >= 0.3 is 0 Å². The lowest BCUT2D eigenvalue weighted by Gasteiger charge is -2.07. The Morgan fingerprint density at radius 3 is 2.50 bits per heavy atom. The Morgan fingerprint density at radius 2 is 1.68 bits per heavy atom. The second-order valence-electron chi connectivity index (χ2n) is 5.95. The molecular weight excluding hydrogens is 374 g/mol. The van der Waals surface area contributed by atoms with Crippen LogP contribution in [0.15, 0.2) is 60.8 Å². The largest absolute Gasteiger partial charge is 0.288 e. The molecule has 0 spiro atoms. The number of carbonyl (C=O) groups excluding carboxylic acids is 2. The zero-order valence-corrected chi connectivity index (χ0v) is 15.7. The normalized spacial score (nSPS) is 10.6. The SMILES string of the molecule is Cc1nc(-c2ccccn2)sc1C(=O)NNC(=O)c1ccc2ccccc2n1. The first-order chi connectivity index (χ1) is 13.6. The number of amides is 2. The molecule has 0 atom stereocenters. The maximum Gasteiger partial charge on any atom is 0.288 e. The van der Waals surface area contributed by atoms with E-state index in [-0.39, 0.29) is 5.69 Å². The number of carbonyl (C=O) groups is 2. The Balaban J connectivity index is 1.46. The first-order valence-corrected chi connectivity index (χ1v) is 9.29. The van der Waals surface area contributed by atoms with Gasteiger partial charge in [-0.05, 0) is 31.2 Å². The fourth-order valence-electron chi connectivity index (χ4n) is 2.63. The number of fused-ring (bicyclic) bond motifs is 1. The van der Waals surface area contributed by atoms with Gasteiger partial charge in [-0.15, -0.1) is 11.3 Å². The zero-order valence-electron chi connectivity index (χ0n) is 14.8. The second kappa shape index (κ2) is 7.53. The molecule has 2 N–H and O–H groups in total. The number of hydrogen-bond acceptors (Lipinski definition) is 6. The predicted molar refractivity (Wildman–Crippen MR) is 107 cm³/mol. The second-order valence-corrected chi connectivity index (χ2v) is 6.95. The molecule has 28 heavy (non-hydrogen) atoms. The average Bonchev–Trinajstić information content (AvgIpc) is 3.14. The highest BCUT2D eigenvalue weighted by molar-refractivity contribution is 7.17. The number of pyridine rings is 2. The molecule has 0 unspecified atom stereocenters. The summed E-state index contributed by atoms with van der Waals surface area (Å²) in [7, 11) is 0. The maximum absolute atomic E-state index is 12.5. The number of rotatable bonds is 3. The van der Waals surface area contributed by atoms with Gasteiger partial charge in [0.25, 0.3) is 11.8 Å². The van der Waals surface area contributed by atoms with Crippen molar-refractivity contribution in [3.05, 3.63) is 77.1 Å². The zero-order chi connectivity index (χ0) is 19.5. The molecule has 1 aromatic carbocycles. The summed E-state index contributed by atoms with van der Waals surface area (Å²) in [5.41, 5.74) is 7.01. The molecule has 0 saturated carbocycles. The van der Waals surface area contributed by atoms with Gasteiger partial charge in [0.15, 0.2) is 0 Å². The first kappa shape index (κ1) is 17.7. The molecule has 0 aliphatic heterocycles. The fourth-order valence-corrected chi connectivity index (χ4v) is 3.57. The van der Waals surface area contributed by atoms with Crippen LogP contribution in [-0.2, 0) is 0 Å². The number of benzene rings is 1. The molecule has 0 aliphatic carbocycles. The van der Waals surface area contributed by atoms with Crippen LogP contribution < -0.4 is 10.9 Å². The van der Waals surface area contributed by atoms with Crippen LogP contribution in [0.3, 0.4) is 0 Å². The van der Waals surface area contributed by atoms with Crippen molar-refractivity contribution in [3.63, 3.8) is 0 Å². The van der Waals surface area contributed by atoms with Gasteiger partial charge < -0.3 is 0 Å². The summed E-state index contributed by atoms with van der Waals surface area (Å²) in [5, 5.41) is 1.58. The molecule has 0 radical (unpaired) electrons. The summed E-state index contributed by atoms with van der Waals surface area (Å²) in [5.74, 6) is -0.933. The maximum atomic E-state index is 12.5. The topological polar surface area (TPSA) is 96.9 Å². The minimum Gasteiger partial charge on any atom is -0.266 e. The molecule has 7 nitrogen and oxygen atoms in total. The van der Waals surface area contributed by atoms with Gasteiger partial charge in [0, 0.05) is 11.6 Å². The highest BCUT2D eigenvalue weighted by atomic mass is 32.1.